The lowest BCUT2D eigenvalue weighted by Gasteiger charge is -2.10. The number of carbonyl (C=O) groups is 2. The minimum Gasteiger partial charge on any atom is -0.497 e. The Bertz CT molecular complexity index is 1950. The number of primary sulfonamides is 2. The van der Waals surface area contributed by atoms with Gasteiger partial charge in [-0.3, -0.25) is 9.59 Å². The molecule has 260 valence electrons. The minimum absolute atomic E-state index is 0. The smallest absolute Gasteiger partial charge is 0.252 e. The van der Waals surface area contributed by atoms with Crippen LogP contribution in [0.15, 0.2) is 88.7 Å². The number of halogens is 3. The van der Waals surface area contributed by atoms with Crippen molar-refractivity contribution in [2.45, 2.75) is 17.2 Å². The summed E-state index contributed by atoms with van der Waals surface area (Å²) in [7, 11) is -1.78. The van der Waals surface area contributed by atoms with Crippen molar-refractivity contribution < 1.29 is 45.4 Å². The van der Waals surface area contributed by atoms with Gasteiger partial charge in [0, 0.05) is 23.3 Å². The lowest BCUT2D eigenvalue weighted by atomic mass is 10.0. The Kier molecular flexibility index (Phi) is 16.3. The second-order valence-electron chi connectivity index (χ2n) is 8.93. The molecule has 0 spiro atoms. The Hall–Kier alpha value is -3.89. The Morgan fingerprint density at radius 1 is 0.604 bits per heavy atom. The highest BCUT2D eigenvalue weighted by atomic mass is 35.5. The van der Waals surface area contributed by atoms with Crippen molar-refractivity contribution in [1.82, 2.24) is 0 Å². The van der Waals surface area contributed by atoms with Crippen molar-refractivity contribution in [3.63, 3.8) is 0 Å². The van der Waals surface area contributed by atoms with Gasteiger partial charge in [0.15, 0.2) is 5.78 Å². The number of sulfonamides is 2. The van der Waals surface area contributed by atoms with Gasteiger partial charge in [-0.2, -0.15) is 0 Å². The number of carbonyl (C=O) groups excluding carboxylic acids is 2. The molecule has 0 unspecified atom stereocenters. The SMILES string of the molecule is C.COc1ccc(C(=O)c2ccc(Cl)c(S(N)(=O)=O)c2)c(OC)c1.COc1cccc(OC)c1.NS(=O)(=O)c1cc(C(=O)Cl)ccc1Cl. The summed E-state index contributed by atoms with van der Waals surface area (Å²) in [5.74, 6) is 2.05. The van der Waals surface area contributed by atoms with Gasteiger partial charge in [0.25, 0.3) is 5.24 Å². The van der Waals surface area contributed by atoms with Crippen molar-refractivity contribution in [3.05, 3.63) is 106 Å². The van der Waals surface area contributed by atoms with E-state index in [0.717, 1.165) is 23.6 Å². The third kappa shape index (κ3) is 12.0. The predicted octanol–water partition coefficient (Wildman–Crippen LogP) is 5.94. The second-order valence-corrected chi connectivity index (χ2v) is 13.1. The van der Waals surface area contributed by atoms with E-state index in [0.29, 0.717) is 11.5 Å². The molecule has 0 fully saturated rings. The van der Waals surface area contributed by atoms with E-state index in [4.69, 9.17) is 64.0 Å². The highest BCUT2D eigenvalue weighted by Gasteiger charge is 2.20. The van der Waals surface area contributed by atoms with Crippen molar-refractivity contribution in [2.24, 2.45) is 10.3 Å². The highest BCUT2D eigenvalue weighted by molar-refractivity contribution is 7.89. The summed E-state index contributed by atoms with van der Waals surface area (Å²) >= 11 is 16.5. The average molecular weight is 764 g/mol. The van der Waals surface area contributed by atoms with Gasteiger partial charge in [0.2, 0.25) is 20.0 Å². The topological polar surface area (TPSA) is 191 Å². The second kappa shape index (κ2) is 18.6. The van der Waals surface area contributed by atoms with Crippen LogP contribution in [-0.2, 0) is 20.0 Å². The lowest BCUT2D eigenvalue weighted by molar-refractivity contribution is 0.103. The van der Waals surface area contributed by atoms with E-state index >= 15 is 0 Å². The maximum absolute atomic E-state index is 12.6. The molecule has 17 heteroatoms. The van der Waals surface area contributed by atoms with E-state index in [1.807, 2.05) is 24.3 Å². The molecule has 12 nitrogen and oxygen atoms in total. The van der Waals surface area contributed by atoms with Crippen LogP contribution in [0.3, 0.4) is 0 Å². The molecular formula is C31H33Cl3N2O10S2. The standard InChI is InChI=1S/C15H14ClNO5S.C8H10O2.C7H5Cl2NO3S.CH4/c1-21-10-4-5-11(13(8-10)22-2)15(18)9-3-6-12(16)14(7-9)23(17,19)20;1-9-7-4-3-5-8(6-7)10-2;8-5-2-1-4(7(9)11)3-6(5)14(10,12)13;/h3-8H,1-2H3,(H2,17,19,20);3-6H,1-2H3;1-3H,(H2,10,12,13);1H4. The summed E-state index contributed by atoms with van der Waals surface area (Å²) in [5, 5.41) is 9.09. The van der Waals surface area contributed by atoms with Crippen LogP contribution in [0, 0.1) is 0 Å². The fourth-order valence-corrected chi connectivity index (χ4v) is 5.84. The number of hydrogen-bond acceptors (Lipinski definition) is 10. The van der Waals surface area contributed by atoms with E-state index in [2.05, 4.69) is 0 Å². The summed E-state index contributed by atoms with van der Waals surface area (Å²) in [6, 6.07) is 19.6. The molecule has 0 radical (unpaired) electrons. The van der Waals surface area contributed by atoms with Gasteiger partial charge in [-0.1, -0.05) is 36.7 Å². The first-order valence-electron chi connectivity index (χ1n) is 12.8. The van der Waals surface area contributed by atoms with E-state index in [-0.39, 0.29) is 44.0 Å². The summed E-state index contributed by atoms with van der Waals surface area (Å²) in [5.41, 5.74) is 0.415. The van der Waals surface area contributed by atoms with Gasteiger partial charge in [0.05, 0.1) is 44.0 Å². The van der Waals surface area contributed by atoms with Gasteiger partial charge in [0.1, 0.15) is 32.8 Å². The van der Waals surface area contributed by atoms with Crippen LogP contribution in [-0.4, -0.2) is 56.3 Å². The fraction of sp³-hybridized carbons (Fsp3) is 0.161. The van der Waals surface area contributed by atoms with Crippen molar-refractivity contribution in [1.29, 1.82) is 0 Å². The molecule has 4 N–H and O–H groups in total. The fourth-order valence-electron chi connectivity index (χ4n) is 3.58. The first-order chi connectivity index (χ1) is 22.0. The molecule has 4 aromatic rings. The van der Waals surface area contributed by atoms with E-state index < -0.39 is 31.1 Å². The van der Waals surface area contributed by atoms with Crippen LogP contribution in [0.4, 0.5) is 0 Å². The van der Waals surface area contributed by atoms with Crippen molar-refractivity contribution in [3.8, 4) is 23.0 Å². The zero-order valence-electron chi connectivity index (χ0n) is 25.2. The van der Waals surface area contributed by atoms with Gasteiger partial charge < -0.3 is 18.9 Å². The molecule has 0 aromatic heterocycles. The summed E-state index contributed by atoms with van der Waals surface area (Å²) < 4.78 is 65.2. The van der Waals surface area contributed by atoms with Crippen LogP contribution in [0.5, 0.6) is 23.0 Å². The number of hydrogen-bond donors (Lipinski definition) is 2. The number of ether oxygens (including phenoxy) is 4. The summed E-state index contributed by atoms with van der Waals surface area (Å²) in [6.07, 6.45) is 0. The molecule has 48 heavy (non-hydrogen) atoms. The number of methoxy groups -OCH3 is 4. The van der Waals surface area contributed by atoms with Crippen LogP contribution < -0.4 is 29.2 Å². The van der Waals surface area contributed by atoms with E-state index in [9.17, 15) is 26.4 Å². The maximum Gasteiger partial charge on any atom is 0.252 e. The minimum atomic E-state index is -4.03. The molecule has 0 saturated carbocycles. The summed E-state index contributed by atoms with van der Waals surface area (Å²) in [4.78, 5) is 22.7. The quantitative estimate of drug-likeness (QED) is 0.152. The molecular weight excluding hydrogens is 731 g/mol. The zero-order valence-corrected chi connectivity index (χ0v) is 29.1. The van der Waals surface area contributed by atoms with E-state index in [1.54, 1.807) is 26.4 Å². The number of rotatable bonds is 9. The van der Waals surface area contributed by atoms with Gasteiger partial charge in [-0.05, 0) is 72.3 Å². The van der Waals surface area contributed by atoms with Crippen LogP contribution >= 0.6 is 34.8 Å². The van der Waals surface area contributed by atoms with Crippen LogP contribution in [0.1, 0.15) is 33.7 Å². The van der Waals surface area contributed by atoms with Crippen molar-refractivity contribution in [2.75, 3.05) is 28.4 Å². The maximum atomic E-state index is 12.6. The average Bonchev–Trinajstić information content (AvgIpc) is 3.03. The summed E-state index contributed by atoms with van der Waals surface area (Å²) in [6.45, 7) is 0. The largest absolute Gasteiger partial charge is 0.497 e. The lowest BCUT2D eigenvalue weighted by Crippen LogP contribution is -2.14. The predicted molar refractivity (Wildman–Crippen MR) is 185 cm³/mol. The highest BCUT2D eigenvalue weighted by Crippen LogP contribution is 2.29. The number of benzene rings is 4. The molecule has 4 aromatic carbocycles. The molecule has 0 bridgehead atoms. The molecule has 0 atom stereocenters. The molecule has 0 aliphatic carbocycles. The Morgan fingerprint density at radius 3 is 1.46 bits per heavy atom. The van der Waals surface area contributed by atoms with Gasteiger partial charge >= 0.3 is 0 Å². The van der Waals surface area contributed by atoms with E-state index in [1.165, 1.54) is 44.6 Å². The first kappa shape index (κ1) is 42.1. The van der Waals surface area contributed by atoms with Gasteiger partial charge in [-0.15, -0.1) is 0 Å². The normalized spacial score (nSPS) is 10.5. The molecule has 0 heterocycles. The molecule has 0 saturated heterocycles. The third-order valence-corrected chi connectivity index (χ3v) is 8.90. The first-order valence-corrected chi connectivity index (χ1v) is 17.0. The molecule has 4 rings (SSSR count). The van der Waals surface area contributed by atoms with Crippen LogP contribution in [0.25, 0.3) is 0 Å². The number of ketones is 1. The monoisotopic (exact) mass is 762 g/mol. The molecule has 0 aliphatic rings. The number of nitrogens with two attached hydrogens (primary N) is 2. The zero-order chi connectivity index (χ0) is 35.5. The Labute approximate surface area is 294 Å². The molecule has 0 aliphatic heterocycles. The third-order valence-electron chi connectivity index (χ3n) is 5.89. The Balaban J connectivity index is 0.000000392. The van der Waals surface area contributed by atoms with Crippen molar-refractivity contribution >= 4 is 65.9 Å². The Morgan fingerprint density at radius 2 is 1.04 bits per heavy atom. The molecule has 0 amide bonds. The van der Waals surface area contributed by atoms with Crippen LogP contribution in [0.2, 0.25) is 10.0 Å². The van der Waals surface area contributed by atoms with Gasteiger partial charge in [-0.25, -0.2) is 27.1 Å².